The summed E-state index contributed by atoms with van der Waals surface area (Å²) in [6.45, 7) is 0.585. The molecule has 1 N–H and O–H groups in total. The highest BCUT2D eigenvalue weighted by atomic mass is 16.6. The van der Waals surface area contributed by atoms with Gasteiger partial charge in [-0.15, -0.1) is 0 Å². The fraction of sp³-hybridized carbons (Fsp3) is 0.222. The van der Waals surface area contributed by atoms with Gasteiger partial charge in [0.2, 0.25) is 5.89 Å². The van der Waals surface area contributed by atoms with E-state index in [0.717, 1.165) is 0 Å². The third-order valence-corrected chi connectivity index (χ3v) is 2.01. The molecule has 0 unspecified atom stereocenters. The van der Waals surface area contributed by atoms with E-state index in [1.165, 1.54) is 18.6 Å². The monoisotopic (exact) mass is 235 g/mol. The van der Waals surface area contributed by atoms with Crippen molar-refractivity contribution in [2.24, 2.45) is 0 Å². The van der Waals surface area contributed by atoms with Crippen LogP contribution in [0.5, 0.6) is 0 Å². The fourth-order valence-corrected chi connectivity index (χ4v) is 1.22. The first-order valence-corrected chi connectivity index (χ1v) is 4.85. The van der Waals surface area contributed by atoms with Crippen LogP contribution in [0, 0.1) is 10.1 Å². The molecule has 0 atom stereocenters. The lowest BCUT2D eigenvalue weighted by Gasteiger charge is -2.01. The summed E-state index contributed by atoms with van der Waals surface area (Å²) in [7, 11) is 0. The number of anilines is 1. The molecule has 0 saturated heterocycles. The molecule has 0 aliphatic heterocycles. The maximum atomic E-state index is 10.4. The predicted molar refractivity (Wildman–Crippen MR) is 57.4 cm³/mol. The molecule has 8 nitrogen and oxygen atoms in total. The van der Waals surface area contributed by atoms with Crippen molar-refractivity contribution in [1.29, 1.82) is 0 Å². The van der Waals surface area contributed by atoms with Gasteiger partial charge in [0, 0.05) is 19.0 Å². The van der Waals surface area contributed by atoms with Gasteiger partial charge in [0.15, 0.2) is 12.5 Å². The molecule has 2 rings (SSSR count). The van der Waals surface area contributed by atoms with Crippen LogP contribution in [0.15, 0.2) is 29.2 Å². The van der Waals surface area contributed by atoms with Crippen molar-refractivity contribution >= 4 is 11.5 Å². The Labute approximate surface area is 95.8 Å². The van der Waals surface area contributed by atoms with E-state index in [0.29, 0.717) is 24.5 Å². The van der Waals surface area contributed by atoms with Gasteiger partial charge in [-0.2, -0.15) is 4.98 Å². The fourth-order valence-electron chi connectivity index (χ4n) is 1.22. The molecule has 0 aliphatic carbocycles. The summed E-state index contributed by atoms with van der Waals surface area (Å²) in [4.78, 5) is 17.4. The Balaban J connectivity index is 1.85. The van der Waals surface area contributed by atoms with Crippen LogP contribution in [-0.4, -0.2) is 26.6 Å². The molecule has 0 radical (unpaired) electrons. The molecule has 0 amide bonds. The Hall–Kier alpha value is -2.51. The van der Waals surface area contributed by atoms with Gasteiger partial charge < -0.3 is 20.0 Å². The van der Waals surface area contributed by atoms with Crippen LogP contribution < -0.4 is 5.32 Å². The Morgan fingerprint density at radius 3 is 2.88 bits per heavy atom. The van der Waals surface area contributed by atoms with Crippen molar-refractivity contribution in [2.75, 3.05) is 11.9 Å². The number of pyridine rings is 1. The highest BCUT2D eigenvalue weighted by Crippen LogP contribution is 2.11. The minimum absolute atomic E-state index is 0.174. The first-order valence-electron chi connectivity index (χ1n) is 4.85. The van der Waals surface area contributed by atoms with Crippen LogP contribution in [0.1, 0.15) is 5.89 Å². The van der Waals surface area contributed by atoms with E-state index >= 15 is 0 Å². The molecule has 0 saturated carbocycles. The zero-order valence-electron chi connectivity index (χ0n) is 8.74. The number of nitrogens with one attached hydrogen (secondary N) is 1. The second-order valence-electron chi connectivity index (χ2n) is 3.17. The van der Waals surface area contributed by atoms with Gasteiger partial charge in [0.05, 0.1) is 5.69 Å². The van der Waals surface area contributed by atoms with Crippen LogP contribution in [-0.2, 0) is 6.42 Å². The minimum Gasteiger partial charge on any atom is -0.381 e. The summed E-state index contributed by atoms with van der Waals surface area (Å²) in [5.74, 6) is 0.361. The molecular formula is C9H9N5O3. The molecule has 17 heavy (non-hydrogen) atoms. The lowest BCUT2D eigenvalue weighted by Crippen LogP contribution is -2.05. The zero-order chi connectivity index (χ0) is 12.1. The van der Waals surface area contributed by atoms with Crippen LogP contribution in [0.4, 0.5) is 11.5 Å². The third kappa shape index (κ3) is 2.97. The number of rotatable bonds is 5. The number of nitro groups is 1. The summed E-state index contributed by atoms with van der Waals surface area (Å²) >= 11 is 0. The van der Waals surface area contributed by atoms with E-state index in [-0.39, 0.29) is 5.82 Å². The molecule has 8 heteroatoms. The number of hydrogen-bond donors (Lipinski definition) is 1. The number of aromatic nitrogens is 3. The van der Waals surface area contributed by atoms with Crippen molar-refractivity contribution in [3.8, 4) is 0 Å². The van der Waals surface area contributed by atoms with Gasteiger partial charge in [0.25, 0.3) is 0 Å². The highest BCUT2D eigenvalue weighted by Gasteiger charge is 2.06. The Morgan fingerprint density at radius 2 is 2.29 bits per heavy atom. The average Bonchev–Trinajstić information content (AvgIpc) is 2.83. The molecule has 2 aromatic heterocycles. The lowest BCUT2D eigenvalue weighted by atomic mass is 10.3. The minimum atomic E-state index is -0.539. The molecular weight excluding hydrogens is 226 g/mol. The van der Waals surface area contributed by atoms with E-state index in [9.17, 15) is 10.1 Å². The van der Waals surface area contributed by atoms with E-state index in [4.69, 9.17) is 4.52 Å². The summed E-state index contributed by atoms with van der Waals surface area (Å²) < 4.78 is 4.82. The van der Waals surface area contributed by atoms with E-state index in [1.807, 2.05) is 0 Å². The predicted octanol–water partition coefficient (Wildman–Crippen LogP) is 1.03. The van der Waals surface area contributed by atoms with E-state index < -0.39 is 4.92 Å². The molecule has 2 aromatic rings. The third-order valence-electron chi connectivity index (χ3n) is 2.01. The zero-order valence-corrected chi connectivity index (χ0v) is 8.74. The molecule has 0 aromatic carbocycles. The first kappa shape index (κ1) is 11.0. The summed E-state index contributed by atoms with van der Waals surface area (Å²) in [6.07, 6.45) is 3.33. The number of nitrogens with zero attached hydrogens (tertiary/aromatic N) is 4. The normalized spacial score (nSPS) is 10.1. The summed E-state index contributed by atoms with van der Waals surface area (Å²) in [6, 6.07) is 2.94. The van der Waals surface area contributed by atoms with Gasteiger partial charge in [-0.05, 0) is 16.0 Å². The summed E-state index contributed by atoms with van der Waals surface area (Å²) in [5, 5.41) is 16.9. The van der Waals surface area contributed by atoms with Crippen LogP contribution in [0.3, 0.4) is 0 Å². The van der Waals surface area contributed by atoms with Crippen molar-refractivity contribution in [1.82, 2.24) is 15.1 Å². The Morgan fingerprint density at radius 1 is 1.41 bits per heavy atom. The Bertz CT molecular complexity index is 482. The average molecular weight is 235 g/mol. The Kier molecular flexibility index (Phi) is 3.24. The standard InChI is InChI=1S/C9H9N5O3/c15-14(16)8-2-1-7(5-11-8)10-4-3-9-12-6-13-17-9/h1-2,5-6,10H,3-4H2. The summed E-state index contributed by atoms with van der Waals surface area (Å²) in [5.41, 5.74) is 0.704. The van der Waals surface area contributed by atoms with Gasteiger partial charge in [0.1, 0.15) is 0 Å². The molecule has 2 heterocycles. The number of hydrogen-bond acceptors (Lipinski definition) is 7. The van der Waals surface area contributed by atoms with Crippen LogP contribution >= 0.6 is 0 Å². The van der Waals surface area contributed by atoms with Crippen molar-refractivity contribution in [3.63, 3.8) is 0 Å². The maximum Gasteiger partial charge on any atom is 0.363 e. The highest BCUT2D eigenvalue weighted by molar-refractivity contribution is 5.43. The second kappa shape index (κ2) is 5.01. The quantitative estimate of drug-likeness (QED) is 0.609. The van der Waals surface area contributed by atoms with E-state index in [2.05, 4.69) is 20.4 Å². The van der Waals surface area contributed by atoms with E-state index in [1.54, 1.807) is 6.07 Å². The first-order chi connectivity index (χ1) is 8.25. The topological polar surface area (TPSA) is 107 Å². The molecule has 0 aliphatic rings. The van der Waals surface area contributed by atoms with Crippen LogP contribution in [0.25, 0.3) is 0 Å². The van der Waals surface area contributed by atoms with Crippen molar-refractivity contribution in [2.45, 2.75) is 6.42 Å². The molecule has 0 spiro atoms. The van der Waals surface area contributed by atoms with Gasteiger partial charge >= 0.3 is 5.82 Å². The van der Waals surface area contributed by atoms with Gasteiger partial charge in [-0.3, -0.25) is 0 Å². The SMILES string of the molecule is O=[N+]([O-])c1ccc(NCCc2ncno2)cn1. The van der Waals surface area contributed by atoms with Gasteiger partial charge in [-0.1, -0.05) is 5.16 Å². The molecule has 0 fully saturated rings. The molecule has 88 valence electrons. The maximum absolute atomic E-state index is 10.4. The van der Waals surface area contributed by atoms with Crippen LogP contribution in [0.2, 0.25) is 0 Å². The molecule has 0 bridgehead atoms. The van der Waals surface area contributed by atoms with Crippen molar-refractivity contribution in [3.05, 3.63) is 40.7 Å². The van der Waals surface area contributed by atoms with Crippen molar-refractivity contribution < 1.29 is 9.45 Å². The largest absolute Gasteiger partial charge is 0.381 e. The lowest BCUT2D eigenvalue weighted by molar-refractivity contribution is -0.389. The second-order valence-corrected chi connectivity index (χ2v) is 3.17. The smallest absolute Gasteiger partial charge is 0.363 e. The van der Waals surface area contributed by atoms with Gasteiger partial charge in [-0.25, -0.2) is 0 Å².